The van der Waals surface area contributed by atoms with Gasteiger partial charge in [-0.05, 0) is 24.6 Å². The van der Waals surface area contributed by atoms with Crippen molar-refractivity contribution in [2.75, 3.05) is 13.2 Å². The predicted molar refractivity (Wildman–Crippen MR) is 91.0 cm³/mol. The number of hydrogen-bond donors (Lipinski definition) is 1. The second-order valence-corrected chi connectivity index (χ2v) is 5.67. The van der Waals surface area contributed by atoms with Gasteiger partial charge in [-0.1, -0.05) is 36.4 Å². The first-order chi connectivity index (χ1) is 12.3. The van der Waals surface area contributed by atoms with Crippen molar-refractivity contribution in [2.45, 2.75) is 26.1 Å². The largest absolute Gasteiger partial charge is 0.457 e. The van der Waals surface area contributed by atoms with Crippen molar-refractivity contribution in [3.8, 4) is 11.5 Å². The molecule has 140 valence electrons. The van der Waals surface area contributed by atoms with Gasteiger partial charge < -0.3 is 14.8 Å². The van der Waals surface area contributed by atoms with Gasteiger partial charge in [-0.3, -0.25) is 4.79 Å². The summed E-state index contributed by atoms with van der Waals surface area (Å²) >= 11 is 0. The van der Waals surface area contributed by atoms with Gasteiger partial charge in [0, 0.05) is 18.5 Å². The quantitative estimate of drug-likeness (QED) is 0.705. The summed E-state index contributed by atoms with van der Waals surface area (Å²) in [4.78, 5) is 11.8. The molecule has 0 atom stereocenters. The summed E-state index contributed by atoms with van der Waals surface area (Å²) in [7, 11) is 0. The molecule has 2 aromatic carbocycles. The number of rotatable bonds is 8. The summed E-state index contributed by atoms with van der Waals surface area (Å²) in [6.07, 6.45) is -4.53. The smallest absolute Gasteiger partial charge is 0.411 e. The fraction of sp³-hybridized carbons (Fsp3) is 0.316. The summed E-state index contributed by atoms with van der Waals surface area (Å²) in [6.45, 7) is 0.501. The van der Waals surface area contributed by atoms with E-state index in [1.54, 1.807) is 6.07 Å². The fourth-order valence-electron chi connectivity index (χ4n) is 2.17. The molecular formula is C19H20F3NO3. The molecule has 0 aromatic heterocycles. The van der Waals surface area contributed by atoms with Crippen LogP contribution in [-0.2, 0) is 16.1 Å². The third kappa shape index (κ3) is 6.76. The molecule has 0 saturated heterocycles. The first-order valence-electron chi connectivity index (χ1n) is 8.08. The van der Waals surface area contributed by atoms with Crippen LogP contribution in [0.4, 0.5) is 13.2 Å². The number of aryl methyl sites for hydroxylation is 1. The molecule has 1 amide bonds. The Morgan fingerprint density at radius 1 is 1.04 bits per heavy atom. The molecule has 4 nitrogen and oxygen atoms in total. The van der Waals surface area contributed by atoms with E-state index in [9.17, 15) is 18.0 Å². The van der Waals surface area contributed by atoms with E-state index in [0.717, 1.165) is 11.1 Å². The molecule has 0 saturated carbocycles. The minimum atomic E-state index is -4.39. The van der Waals surface area contributed by atoms with Crippen molar-refractivity contribution >= 4 is 5.91 Å². The Balaban J connectivity index is 1.86. The van der Waals surface area contributed by atoms with E-state index in [1.807, 2.05) is 49.4 Å². The minimum Gasteiger partial charge on any atom is -0.457 e. The number of carbonyl (C=O) groups excluding carboxylic acids is 1. The van der Waals surface area contributed by atoms with Crippen molar-refractivity contribution in [3.63, 3.8) is 0 Å². The lowest BCUT2D eigenvalue weighted by Gasteiger charge is -2.13. The number of amides is 1. The maximum atomic E-state index is 12.0. The van der Waals surface area contributed by atoms with E-state index in [1.165, 1.54) is 0 Å². The van der Waals surface area contributed by atoms with Crippen molar-refractivity contribution in [3.05, 3.63) is 59.7 Å². The second-order valence-electron chi connectivity index (χ2n) is 5.67. The molecule has 0 aliphatic heterocycles. The maximum absolute atomic E-state index is 12.0. The average Bonchev–Trinajstić information content (AvgIpc) is 2.59. The molecule has 0 spiro atoms. The van der Waals surface area contributed by atoms with Crippen molar-refractivity contribution in [2.24, 2.45) is 0 Å². The van der Waals surface area contributed by atoms with Crippen molar-refractivity contribution in [1.29, 1.82) is 0 Å². The van der Waals surface area contributed by atoms with Crippen LogP contribution in [0.3, 0.4) is 0 Å². The Hall–Kier alpha value is -2.54. The van der Waals surface area contributed by atoms with Gasteiger partial charge in [-0.15, -0.1) is 0 Å². The molecule has 0 aliphatic rings. The number of nitrogens with one attached hydrogen (secondary N) is 1. The summed E-state index contributed by atoms with van der Waals surface area (Å²) in [5.74, 6) is 0.931. The van der Waals surface area contributed by atoms with E-state index in [2.05, 4.69) is 10.1 Å². The van der Waals surface area contributed by atoms with E-state index in [4.69, 9.17) is 4.74 Å². The molecule has 26 heavy (non-hydrogen) atoms. The zero-order chi connectivity index (χ0) is 19.0. The van der Waals surface area contributed by atoms with Crippen molar-refractivity contribution in [1.82, 2.24) is 5.32 Å². The number of halogens is 3. The zero-order valence-electron chi connectivity index (χ0n) is 14.3. The highest BCUT2D eigenvalue weighted by Crippen LogP contribution is 2.27. The summed E-state index contributed by atoms with van der Waals surface area (Å²) in [5, 5.41) is 2.66. The van der Waals surface area contributed by atoms with Gasteiger partial charge in [0.25, 0.3) is 0 Å². The molecule has 2 aromatic rings. The maximum Gasteiger partial charge on any atom is 0.411 e. The van der Waals surface area contributed by atoms with Gasteiger partial charge in [0.15, 0.2) is 0 Å². The molecule has 0 aliphatic carbocycles. The second kappa shape index (κ2) is 9.24. The SMILES string of the molecule is Cc1ccccc1Oc1ccccc1CNC(=O)CCOCC(F)(F)F. The van der Waals surface area contributed by atoms with Crippen LogP contribution in [-0.4, -0.2) is 25.3 Å². The first kappa shape index (κ1) is 19.8. The third-order valence-corrected chi connectivity index (χ3v) is 3.50. The topological polar surface area (TPSA) is 47.6 Å². The molecule has 1 N–H and O–H groups in total. The fourth-order valence-corrected chi connectivity index (χ4v) is 2.17. The van der Waals surface area contributed by atoms with Crippen molar-refractivity contribution < 1.29 is 27.4 Å². The minimum absolute atomic E-state index is 0.142. The molecule has 7 heteroatoms. The number of benzene rings is 2. The van der Waals surface area contributed by atoms with Gasteiger partial charge in [-0.25, -0.2) is 0 Å². The van der Waals surface area contributed by atoms with E-state index in [-0.39, 0.29) is 19.6 Å². The Labute approximate surface area is 149 Å². The highest BCUT2D eigenvalue weighted by atomic mass is 19.4. The molecule has 2 rings (SSSR count). The lowest BCUT2D eigenvalue weighted by atomic mass is 10.2. The average molecular weight is 367 g/mol. The molecule has 0 fully saturated rings. The Morgan fingerprint density at radius 2 is 1.69 bits per heavy atom. The van der Waals surface area contributed by atoms with Crippen LogP contribution in [0.2, 0.25) is 0 Å². The summed E-state index contributed by atoms with van der Waals surface area (Å²) in [6, 6.07) is 14.8. The van der Waals surface area contributed by atoms with Gasteiger partial charge >= 0.3 is 6.18 Å². The first-order valence-corrected chi connectivity index (χ1v) is 8.08. The normalized spacial score (nSPS) is 11.2. The number of hydrogen-bond acceptors (Lipinski definition) is 3. The van der Waals surface area contributed by atoms with Crippen LogP contribution in [0.1, 0.15) is 17.5 Å². The van der Waals surface area contributed by atoms with E-state index in [0.29, 0.717) is 11.5 Å². The molecule has 0 radical (unpaired) electrons. The predicted octanol–water partition coefficient (Wildman–Crippen LogP) is 4.37. The molecule has 0 bridgehead atoms. The summed E-state index contributed by atoms with van der Waals surface area (Å²) < 4.78 is 46.2. The van der Waals surface area contributed by atoms with Crippen LogP contribution >= 0.6 is 0 Å². The van der Waals surface area contributed by atoms with Crippen LogP contribution in [0, 0.1) is 6.92 Å². The van der Waals surface area contributed by atoms with Gasteiger partial charge in [-0.2, -0.15) is 13.2 Å². The third-order valence-electron chi connectivity index (χ3n) is 3.50. The van der Waals surface area contributed by atoms with Crippen LogP contribution in [0.25, 0.3) is 0 Å². The Morgan fingerprint density at radius 3 is 2.38 bits per heavy atom. The number of ether oxygens (including phenoxy) is 2. The lowest BCUT2D eigenvalue weighted by Crippen LogP contribution is -2.25. The molecule has 0 heterocycles. The Bertz CT molecular complexity index is 732. The highest BCUT2D eigenvalue weighted by Gasteiger charge is 2.27. The van der Waals surface area contributed by atoms with Gasteiger partial charge in [0.2, 0.25) is 5.91 Å². The van der Waals surface area contributed by atoms with Crippen LogP contribution in [0.5, 0.6) is 11.5 Å². The molecule has 0 unspecified atom stereocenters. The monoisotopic (exact) mass is 367 g/mol. The van der Waals surface area contributed by atoms with E-state index >= 15 is 0 Å². The Kier molecular flexibility index (Phi) is 7.03. The van der Waals surface area contributed by atoms with Crippen LogP contribution in [0.15, 0.2) is 48.5 Å². The van der Waals surface area contributed by atoms with Gasteiger partial charge in [0.1, 0.15) is 18.1 Å². The van der Waals surface area contributed by atoms with Crippen LogP contribution < -0.4 is 10.1 Å². The van der Waals surface area contributed by atoms with Gasteiger partial charge in [0.05, 0.1) is 6.61 Å². The molecular weight excluding hydrogens is 347 g/mol. The zero-order valence-corrected chi connectivity index (χ0v) is 14.3. The highest BCUT2D eigenvalue weighted by molar-refractivity contribution is 5.76. The lowest BCUT2D eigenvalue weighted by molar-refractivity contribution is -0.174. The number of alkyl halides is 3. The summed E-state index contributed by atoms with van der Waals surface area (Å²) in [5.41, 5.74) is 1.74. The number of carbonyl (C=O) groups is 1. The number of para-hydroxylation sites is 2. The standard InChI is InChI=1S/C19H20F3NO3/c1-14-6-2-4-8-16(14)26-17-9-5-3-7-15(17)12-23-18(24)10-11-25-13-19(20,21)22/h2-9H,10-13H2,1H3,(H,23,24). The van der Waals surface area contributed by atoms with E-state index < -0.39 is 18.7 Å².